The second-order valence-electron chi connectivity index (χ2n) is 5.25. The molecular weight excluding hydrogens is 242 g/mol. The summed E-state index contributed by atoms with van der Waals surface area (Å²) >= 11 is 2.11. The van der Waals surface area contributed by atoms with Gasteiger partial charge in [-0.3, -0.25) is 4.68 Å². The Bertz CT molecular complexity index is 345. The molecule has 18 heavy (non-hydrogen) atoms. The topological polar surface area (TPSA) is 29.9 Å². The molecule has 0 aliphatic carbocycles. The average molecular weight is 267 g/mol. The number of nitrogens with one attached hydrogen (secondary N) is 1. The van der Waals surface area contributed by atoms with E-state index in [-0.39, 0.29) is 0 Å². The lowest BCUT2D eigenvalue weighted by Crippen LogP contribution is -2.37. The van der Waals surface area contributed by atoms with Crippen molar-refractivity contribution in [1.82, 2.24) is 15.1 Å². The SMILES string of the molecule is CCCNC(CCc1cnn(C)c1)C1CCSC1. The van der Waals surface area contributed by atoms with Gasteiger partial charge in [-0.1, -0.05) is 6.92 Å². The van der Waals surface area contributed by atoms with Crippen molar-refractivity contribution in [3.05, 3.63) is 18.0 Å². The maximum Gasteiger partial charge on any atom is 0.0521 e. The van der Waals surface area contributed by atoms with E-state index < -0.39 is 0 Å². The second kappa shape index (κ2) is 7.19. The Morgan fingerprint density at radius 3 is 3.11 bits per heavy atom. The molecule has 3 nitrogen and oxygen atoms in total. The summed E-state index contributed by atoms with van der Waals surface area (Å²) in [6.45, 7) is 3.40. The van der Waals surface area contributed by atoms with Crippen LogP contribution in [0.2, 0.25) is 0 Å². The summed E-state index contributed by atoms with van der Waals surface area (Å²) in [4.78, 5) is 0. The van der Waals surface area contributed by atoms with Gasteiger partial charge in [-0.05, 0) is 55.2 Å². The smallest absolute Gasteiger partial charge is 0.0521 e. The quantitative estimate of drug-likeness (QED) is 0.823. The normalized spacial score (nSPS) is 21.3. The molecule has 0 saturated carbocycles. The van der Waals surface area contributed by atoms with Gasteiger partial charge in [0.2, 0.25) is 0 Å². The van der Waals surface area contributed by atoms with E-state index in [0.717, 1.165) is 18.9 Å². The van der Waals surface area contributed by atoms with Crippen LogP contribution in [0.1, 0.15) is 31.7 Å². The predicted molar refractivity (Wildman–Crippen MR) is 79.0 cm³/mol. The first-order valence-corrected chi connectivity index (χ1v) is 8.23. The fourth-order valence-electron chi connectivity index (χ4n) is 2.63. The van der Waals surface area contributed by atoms with E-state index in [2.05, 4.69) is 35.3 Å². The molecule has 2 rings (SSSR count). The molecule has 0 amide bonds. The number of hydrogen-bond acceptors (Lipinski definition) is 3. The van der Waals surface area contributed by atoms with Gasteiger partial charge in [-0.2, -0.15) is 16.9 Å². The highest BCUT2D eigenvalue weighted by atomic mass is 32.2. The number of aromatic nitrogens is 2. The van der Waals surface area contributed by atoms with Crippen LogP contribution >= 0.6 is 11.8 Å². The van der Waals surface area contributed by atoms with Crippen LogP contribution < -0.4 is 5.32 Å². The van der Waals surface area contributed by atoms with E-state index in [1.807, 2.05) is 17.9 Å². The summed E-state index contributed by atoms with van der Waals surface area (Å²) in [6.07, 6.45) is 9.15. The number of nitrogens with zero attached hydrogens (tertiary/aromatic N) is 2. The van der Waals surface area contributed by atoms with Gasteiger partial charge in [-0.25, -0.2) is 0 Å². The molecule has 4 heteroatoms. The number of aryl methyl sites for hydroxylation is 2. The Labute approximate surface area is 115 Å². The number of thioether (sulfide) groups is 1. The summed E-state index contributed by atoms with van der Waals surface area (Å²) < 4.78 is 1.90. The molecule has 2 atom stereocenters. The Kier molecular flexibility index (Phi) is 5.57. The first-order chi connectivity index (χ1) is 8.79. The van der Waals surface area contributed by atoms with Crippen LogP contribution in [0, 0.1) is 5.92 Å². The Hall–Kier alpha value is -0.480. The minimum atomic E-state index is 0.695. The average Bonchev–Trinajstić information content (AvgIpc) is 3.01. The van der Waals surface area contributed by atoms with E-state index in [9.17, 15) is 0 Å². The molecule has 0 spiro atoms. The largest absolute Gasteiger partial charge is 0.314 e. The van der Waals surface area contributed by atoms with Crippen molar-refractivity contribution in [2.75, 3.05) is 18.1 Å². The zero-order valence-electron chi connectivity index (χ0n) is 11.6. The predicted octanol–water partition coefficient (Wildman–Crippen LogP) is 2.47. The van der Waals surface area contributed by atoms with Crippen LogP contribution in [0.3, 0.4) is 0 Å². The third-order valence-corrected chi connectivity index (χ3v) is 4.88. The van der Waals surface area contributed by atoms with E-state index in [0.29, 0.717) is 6.04 Å². The molecule has 2 unspecified atom stereocenters. The molecule has 2 heterocycles. The summed E-state index contributed by atoms with van der Waals surface area (Å²) in [6, 6.07) is 0.695. The molecule has 1 saturated heterocycles. The molecule has 0 bridgehead atoms. The number of rotatable bonds is 7. The summed E-state index contributed by atoms with van der Waals surface area (Å²) in [5.41, 5.74) is 1.37. The van der Waals surface area contributed by atoms with Crippen molar-refractivity contribution < 1.29 is 0 Å². The van der Waals surface area contributed by atoms with Crippen LogP contribution in [-0.4, -0.2) is 33.9 Å². The maximum atomic E-state index is 4.25. The van der Waals surface area contributed by atoms with Gasteiger partial charge in [0.05, 0.1) is 6.20 Å². The fourth-order valence-corrected chi connectivity index (χ4v) is 3.97. The van der Waals surface area contributed by atoms with Gasteiger partial charge < -0.3 is 5.32 Å². The maximum absolute atomic E-state index is 4.25. The highest BCUT2D eigenvalue weighted by Crippen LogP contribution is 2.28. The zero-order chi connectivity index (χ0) is 12.8. The van der Waals surface area contributed by atoms with Gasteiger partial charge in [0.15, 0.2) is 0 Å². The Morgan fingerprint density at radius 2 is 2.50 bits per heavy atom. The molecular formula is C14H25N3S. The fraction of sp³-hybridized carbons (Fsp3) is 0.786. The summed E-state index contributed by atoms with van der Waals surface area (Å²) in [5.74, 6) is 3.56. The molecule has 1 aliphatic rings. The Morgan fingerprint density at radius 1 is 1.61 bits per heavy atom. The highest BCUT2D eigenvalue weighted by Gasteiger charge is 2.24. The Balaban J connectivity index is 1.83. The molecule has 1 N–H and O–H groups in total. The van der Waals surface area contributed by atoms with Crippen LogP contribution in [0.4, 0.5) is 0 Å². The van der Waals surface area contributed by atoms with Crippen molar-refractivity contribution in [3.8, 4) is 0 Å². The molecule has 1 aromatic heterocycles. The first kappa shape index (κ1) is 13.9. The van der Waals surface area contributed by atoms with Gasteiger partial charge in [0.1, 0.15) is 0 Å². The van der Waals surface area contributed by atoms with Crippen LogP contribution in [0.25, 0.3) is 0 Å². The molecule has 0 aromatic carbocycles. The second-order valence-corrected chi connectivity index (χ2v) is 6.40. The minimum Gasteiger partial charge on any atom is -0.314 e. The van der Waals surface area contributed by atoms with E-state index in [1.165, 1.54) is 36.3 Å². The molecule has 1 aromatic rings. The van der Waals surface area contributed by atoms with E-state index in [1.54, 1.807) is 0 Å². The monoisotopic (exact) mass is 267 g/mol. The first-order valence-electron chi connectivity index (χ1n) is 7.08. The third-order valence-electron chi connectivity index (χ3n) is 3.69. The van der Waals surface area contributed by atoms with Crippen molar-refractivity contribution >= 4 is 11.8 Å². The van der Waals surface area contributed by atoms with Gasteiger partial charge >= 0.3 is 0 Å². The minimum absolute atomic E-state index is 0.695. The van der Waals surface area contributed by atoms with Crippen molar-refractivity contribution in [1.29, 1.82) is 0 Å². The summed E-state index contributed by atoms with van der Waals surface area (Å²) in [7, 11) is 1.99. The lowest BCUT2D eigenvalue weighted by molar-refractivity contribution is 0.362. The van der Waals surface area contributed by atoms with Crippen LogP contribution in [0.5, 0.6) is 0 Å². The van der Waals surface area contributed by atoms with Crippen molar-refractivity contribution in [2.24, 2.45) is 13.0 Å². The van der Waals surface area contributed by atoms with E-state index >= 15 is 0 Å². The molecule has 0 radical (unpaired) electrons. The molecule has 102 valence electrons. The summed E-state index contributed by atoms with van der Waals surface area (Å²) in [5, 5.41) is 7.99. The van der Waals surface area contributed by atoms with Crippen LogP contribution in [0.15, 0.2) is 12.4 Å². The van der Waals surface area contributed by atoms with Crippen molar-refractivity contribution in [2.45, 2.75) is 38.6 Å². The lowest BCUT2D eigenvalue weighted by atomic mass is 9.94. The van der Waals surface area contributed by atoms with Gasteiger partial charge in [-0.15, -0.1) is 0 Å². The third kappa shape index (κ3) is 4.02. The van der Waals surface area contributed by atoms with Gasteiger partial charge in [0.25, 0.3) is 0 Å². The standard InChI is InChI=1S/C14H25N3S/c1-3-7-15-14(13-6-8-18-11-13)5-4-12-9-16-17(2)10-12/h9-10,13-15H,3-8,11H2,1-2H3. The van der Waals surface area contributed by atoms with Gasteiger partial charge in [0, 0.05) is 19.3 Å². The lowest BCUT2D eigenvalue weighted by Gasteiger charge is -2.24. The number of hydrogen-bond donors (Lipinski definition) is 1. The van der Waals surface area contributed by atoms with Crippen molar-refractivity contribution in [3.63, 3.8) is 0 Å². The van der Waals surface area contributed by atoms with Crippen LogP contribution in [-0.2, 0) is 13.5 Å². The zero-order valence-corrected chi connectivity index (χ0v) is 12.4. The highest BCUT2D eigenvalue weighted by molar-refractivity contribution is 7.99. The van der Waals surface area contributed by atoms with E-state index in [4.69, 9.17) is 0 Å². The molecule has 1 aliphatic heterocycles. The molecule has 1 fully saturated rings.